The molecule has 110 valence electrons. The Bertz CT molecular complexity index is 503. The third kappa shape index (κ3) is 3.48. The molecule has 0 aliphatic heterocycles. The van der Waals surface area contributed by atoms with Gasteiger partial charge in [-0.25, -0.2) is 0 Å². The monoisotopic (exact) mass is 313 g/mol. The summed E-state index contributed by atoms with van der Waals surface area (Å²) >= 11 is 12.3. The van der Waals surface area contributed by atoms with E-state index in [9.17, 15) is 4.79 Å². The summed E-state index contributed by atoms with van der Waals surface area (Å²) < 4.78 is 0. The number of carbonyl (C=O) groups is 1. The van der Waals surface area contributed by atoms with E-state index in [1.54, 1.807) is 6.07 Å². The van der Waals surface area contributed by atoms with Gasteiger partial charge in [-0.15, -0.1) is 11.6 Å². The molecule has 4 heteroatoms. The highest BCUT2D eigenvalue weighted by molar-refractivity contribution is 6.34. The van der Waals surface area contributed by atoms with Gasteiger partial charge in [-0.1, -0.05) is 37.4 Å². The van der Waals surface area contributed by atoms with Crippen molar-refractivity contribution in [3.05, 3.63) is 34.3 Å². The van der Waals surface area contributed by atoms with E-state index in [4.69, 9.17) is 23.2 Å². The highest BCUT2D eigenvalue weighted by Crippen LogP contribution is 2.33. The van der Waals surface area contributed by atoms with Crippen molar-refractivity contribution in [3.63, 3.8) is 0 Å². The topological polar surface area (TPSA) is 29.1 Å². The van der Waals surface area contributed by atoms with Gasteiger partial charge in [0.25, 0.3) is 5.91 Å². The van der Waals surface area contributed by atoms with Gasteiger partial charge in [-0.2, -0.15) is 0 Å². The minimum Gasteiger partial charge on any atom is -0.345 e. The van der Waals surface area contributed by atoms with Crippen LogP contribution in [0.15, 0.2) is 18.2 Å². The number of benzene rings is 1. The third-order valence-corrected chi connectivity index (χ3v) is 4.92. The van der Waals surface area contributed by atoms with Crippen LogP contribution in [0.2, 0.25) is 5.02 Å². The van der Waals surface area contributed by atoms with Gasteiger partial charge in [0.05, 0.1) is 16.1 Å². The van der Waals surface area contributed by atoms with E-state index < -0.39 is 0 Å². The minimum absolute atomic E-state index is 0.121. The fourth-order valence-electron chi connectivity index (χ4n) is 3.04. The molecule has 1 aliphatic rings. The van der Waals surface area contributed by atoms with Crippen molar-refractivity contribution < 1.29 is 4.79 Å². The number of rotatable bonds is 3. The van der Waals surface area contributed by atoms with E-state index in [0.29, 0.717) is 22.4 Å². The Morgan fingerprint density at radius 1 is 1.50 bits per heavy atom. The Morgan fingerprint density at radius 3 is 2.85 bits per heavy atom. The molecule has 2 unspecified atom stereocenters. The zero-order chi connectivity index (χ0) is 14.8. The van der Waals surface area contributed by atoms with Crippen LogP contribution in [0, 0.1) is 12.8 Å². The van der Waals surface area contributed by atoms with Crippen LogP contribution in [-0.4, -0.2) is 17.3 Å². The Morgan fingerprint density at radius 2 is 2.25 bits per heavy atom. The molecule has 1 fully saturated rings. The molecule has 0 spiro atoms. The second-order valence-corrected chi connectivity index (χ2v) is 6.73. The minimum atomic E-state index is -0.287. The fourth-order valence-corrected chi connectivity index (χ4v) is 3.67. The van der Waals surface area contributed by atoms with Gasteiger partial charge in [-0.05, 0) is 43.4 Å². The highest BCUT2D eigenvalue weighted by atomic mass is 35.5. The molecule has 20 heavy (non-hydrogen) atoms. The van der Waals surface area contributed by atoms with Crippen molar-refractivity contribution in [3.8, 4) is 0 Å². The molecule has 1 amide bonds. The van der Waals surface area contributed by atoms with Crippen molar-refractivity contribution in [2.24, 2.45) is 5.92 Å². The number of halogens is 2. The zero-order valence-electron chi connectivity index (χ0n) is 12.0. The van der Waals surface area contributed by atoms with Gasteiger partial charge < -0.3 is 5.32 Å². The molecule has 0 saturated heterocycles. The number of amides is 1. The van der Waals surface area contributed by atoms with Crippen molar-refractivity contribution in [2.45, 2.75) is 45.1 Å². The molecule has 1 aliphatic carbocycles. The standard InChI is InChI=1S/C16H21Cl2NO/c1-11-5-6-13(14(18)8-11)15(20)19-16(10-17)7-3-4-12(2)9-16/h5-6,8,12H,3-4,7,9-10H2,1-2H3,(H,19,20). The SMILES string of the molecule is Cc1ccc(C(=O)NC2(CCl)CCCC(C)C2)c(Cl)c1. The maximum Gasteiger partial charge on any atom is 0.253 e. The van der Waals surface area contributed by atoms with Crippen LogP contribution in [0.1, 0.15) is 48.5 Å². The molecule has 1 N–H and O–H groups in total. The van der Waals surface area contributed by atoms with E-state index in [0.717, 1.165) is 24.8 Å². The van der Waals surface area contributed by atoms with Crippen molar-refractivity contribution in [2.75, 3.05) is 5.88 Å². The van der Waals surface area contributed by atoms with Gasteiger partial charge in [0.2, 0.25) is 0 Å². The smallest absolute Gasteiger partial charge is 0.253 e. The predicted molar refractivity (Wildman–Crippen MR) is 84.7 cm³/mol. The van der Waals surface area contributed by atoms with E-state index >= 15 is 0 Å². The van der Waals surface area contributed by atoms with Crippen LogP contribution < -0.4 is 5.32 Å². The van der Waals surface area contributed by atoms with E-state index in [1.807, 2.05) is 19.1 Å². The first-order chi connectivity index (χ1) is 9.46. The molecular formula is C16H21Cl2NO. The second kappa shape index (κ2) is 6.36. The van der Waals surface area contributed by atoms with E-state index in [-0.39, 0.29) is 11.4 Å². The zero-order valence-corrected chi connectivity index (χ0v) is 13.5. The summed E-state index contributed by atoms with van der Waals surface area (Å²) in [5.74, 6) is 0.924. The number of aryl methyl sites for hydroxylation is 1. The Labute approximate surface area is 130 Å². The number of hydrogen-bond donors (Lipinski definition) is 1. The average molecular weight is 314 g/mol. The summed E-state index contributed by atoms with van der Waals surface area (Å²) in [7, 11) is 0. The first-order valence-corrected chi connectivity index (χ1v) is 8.02. The molecule has 1 aromatic rings. The van der Waals surface area contributed by atoms with Gasteiger partial charge in [0.15, 0.2) is 0 Å². The summed E-state index contributed by atoms with van der Waals surface area (Å²) in [5, 5.41) is 3.63. The molecule has 0 heterocycles. The lowest BCUT2D eigenvalue weighted by molar-refractivity contribution is 0.0867. The molecule has 0 bridgehead atoms. The normalized spacial score (nSPS) is 26.3. The molecule has 0 radical (unpaired) electrons. The summed E-state index contributed by atoms with van der Waals surface area (Å²) in [6.45, 7) is 4.17. The lowest BCUT2D eigenvalue weighted by atomic mass is 9.77. The largest absolute Gasteiger partial charge is 0.345 e. The van der Waals surface area contributed by atoms with Gasteiger partial charge in [0, 0.05) is 5.88 Å². The first-order valence-electron chi connectivity index (χ1n) is 7.10. The Kier molecular flexibility index (Phi) is 4.98. The quantitative estimate of drug-likeness (QED) is 0.814. The number of carbonyl (C=O) groups excluding carboxylic acids is 1. The predicted octanol–water partition coefficient (Wildman–Crippen LogP) is 4.57. The van der Waals surface area contributed by atoms with Gasteiger partial charge in [0.1, 0.15) is 0 Å². The molecule has 0 aromatic heterocycles. The van der Waals surface area contributed by atoms with E-state index in [1.165, 1.54) is 6.42 Å². The van der Waals surface area contributed by atoms with Gasteiger partial charge >= 0.3 is 0 Å². The summed E-state index contributed by atoms with van der Waals surface area (Å²) in [6.07, 6.45) is 4.19. The van der Waals surface area contributed by atoms with Crippen LogP contribution in [0.3, 0.4) is 0 Å². The lowest BCUT2D eigenvalue weighted by Gasteiger charge is -2.39. The van der Waals surface area contributed by atoms with Crippen LogP contribution in [0.4, 0.5) is 0 Å². The second-order valence-electron chi connectivity index (χ2n) is 6.05. The van der Waals surface area contributed by atoms with Crippen LogP contribution in [-0.2, 0) is 0 Å². The van der Waals surface area contributed by atoms with Crippen molar-refractivity contribution in [1.29, 1.82) is 0 Å². The van der Waals surface area contributed by atoms with Crippen LogP contribution >= 0.6 is 23.2 Å². The first kappa shape index (κ1) is 15.7. The average Bonchev–Trinajstić information content (AvgIpc) is 2.38. The van der Waals surface area contributed by atoms with Crippen LogP contribution in [0.25, 0.3) is 0 Å². The Hall–Kier alpha value is -0.730. The van der Waals surface area contributed by atoms with Crippen molar-refractivity contribution in [1.82, 2.24) is 5.32 Å². The Balaban J connectivity index is 2.16. The van der Waals surface area contributed by atoms with Crippen LogP contribution in [0.5, 0.6) is 0 Å². The molecule has 2 atom stereocenters. The molecule has 1 saturated carbocycles. The number of alkyl halides is 1. The summed E-state index contributed by atoms with van der Waals surface area (Å²) in [4.78, 5) is 12.5. The molecule has 2 rings (SSSR count). The van der Waals surface area contributed by atoms with Crippen molar-refractivity contribution >= 4 is 29.1 Å². The number of nitrogens with one attached hydrogen (secondary N) is 1. The molecule has 1 aromatic carbocycles. The maximum atomic E-state index is 12.5. The van der Waals surface area contributed by atoms with Gasteiger partial charge in [-0.3, -0.25) is 4.79 Å². The number of hydrogen-bond acceptors (Lipinski definition) is 1. The summed E-state index contributed by atoms with van der Waals surface area (Å²) in [6, 6.07) is 5.49. The highest BCUT2D eigenvalue weighted by Gasteiger charge is 2.36. The molecular weight excluding hydrogens is 293 g/mol. The summed E-state index contributed by atoms with van der Waals surface area (Å²) in [5.41, 5.74) is 1.29. The fraction of sp³-hybridized carbons (Fsp3) is 0.562. The maximum absolute atomic E-state index is 12.5. The molecule has 2 nitrogen and oxygen atoms in total. The lowest BCUT2D eigenvalue weighted by Crippen LogP contribution is -2.52. The third-order valence-electron chi connectivity index (χ3n) is 4.10. The van der Waals surface area contributed by atoms with E-state index in [2.05, 4.69) is 12.2 Å².